The quantitative estimate of drug-likeness (QED) is 0.347. The van der Waals surface area contributed by atoms with Crippen molar-refractivity contribution in [2.75, 3.05) is 43.1 Å². The van der Waals surface area contributed by atoms with Crippen LogP contribution in [0.25, 0.3) is 22.0 Å². The molecule has 1 fully saturated rings. The van der Waals surface area contributed by atoms with Gasteiger partial charge in [-0.1, -0.05) is 12.1 Å². The fraction of sp³-hybridized carbons (Fsp3) is 0.276. The number of benzene rings is 3. The zero-order chi connectivity index (χ0) is 27.9. The number of likely N-dealkylation sites (N-methyl/N-ethyl adjacent to an activating group) is 2. The van der Waals surface area contributed by atoms with Crippen LogP contribution >= 0.6 is 0 Å². The summed E-state index contributed by atoms with van der Waals surface area (Å²) in [6.45, 7) is 3.62. The number of carbonyl (C=O) groups is 1. The molecule has 0 unspecified atom stereocenters. The molecule has 3 N–H and O–H groups in total. The molecule has 1 aromatic heterocycles. The van der Waals surface area contributed by atoms with Gasteiger partial charge >= 0.3 is 6.18 Å². The van der Waals surface area contributed by atoms with Crippen LogP contribution in [0.4, 0.5) is 30.5 Å². The fourth-order valence-corrected chi connectivity index (χ4v) is 5.03. The van der Waals surface area contributed by atoms with E-state index in [9.17, 15) is 18.0 Å². The number of carbonyl (C=O) groups excluding carboxylic acids is 1. The Bertz CT molecular complexity index is 1550. The number of aryl methyl sites for hydroxylation is 1. The molecule has 1 atom stereocenters. The molecule has 7 nitrogen and oxygen atoms in total. The van der Waals surface area contributed by atoms with Gasteiger partial charge in [0.05, 0.1) is 22.5 Å². The minimum atomic E-state index is -4.54. The first-order chi connectivity index (χ1) is 18.5. The molecule has 2 heterocycles. The summed E-state index contributed by atoms with van der Waals surface area (Å²) in [4.78, 5) is 25.8. The Labute approximate surface area is 224 Å². The van der Waals surface area contributed by atoms with Crippen LogP contribution in [0.3, 0.4) is 0 Å². The molecule has 0 saturated carbocycles. The lowest BCUT2D eigenvalue weighted by atomic mass is 9.97. The van der Waals surface area contributed by atoms with Gasteiger partial charge in [0.25, 0.3) is 5.91 Å². The summed E-state index contributed by atoms with van der Waals surface area (Å²) in [5.41, 5.74) is 9.16. The number of hydrogen-bond donors (Lipinski definition) is 2. The van der Waals surface area contributed by atoms with Crippen molar-refractivity contribution in [2.24, 2.45) is 0 Å². The Morgan fingerprint density at radius 1 is 1.13 bits per heavy atom. The molecule has 1 amide bonds. The maximum Gasteiger partial charge on any atom is 0.416 e. The lowest BCUT2D eigenvalue weighted by Gasteiger charge is -2.29. The number of nitrogens with one attached hydrogen (secondary N) is 1. The average Bonchev–Trinajstić information content (AvgIpc) is 3.34. The first-order valence-electron chi connectivity index (χ1n) is 12.6. The van der Waals surface area contributed by atoms with Crippen molar-refractivity contribution >= 4 is 34.1 Å². The Morgan fingerprint density at radius 3 is 2.64 bits per heavy atom. The largest absolute Gasteiger partial charge is 0.416 e. The summed E-state index contributed by atoms with van der Waals surface area (Å²) in [5, 5.41) is 3.56. The molecule has 202 valence electrons. The second-order valence-corrected chi connectivity index (χ2v) is 10.0. The van der Waals surface area contributed by atoms with Crippen LogP contribution in [0.5, 0.6) is 0 Å². The van der Waals surface area contributed by atoms with Gasteiger partial charge in [-0.05, 0) is 86.1 Å². The van der Waals surface area contributed by atoms with E-state index in [1.165, 1.54) is 6.07 Å². The van der Waals surface area contributed by atoms with Gasteiger partial charge < -0.3 is 20.9 Å². The van der Waals surface area contributed by atoms with Gasteiger partial charge in [0.2, 0.25) is 5.95 Å². The number of hydrogen-bond acceptors (Lipinski definition) is 6. The number of nitrogens with zero attached hydrogens (tertiary/aromatic N) is 4. The first kappa shape index (κ1) is 26.4. The second-order valence-electron chi connectivity index (χ2n) is 10.0. The van der Waals surface area contributed by atoms with Gasteiger partial charge in [-0.3, -0.25) is 4.79 Å². The third-order valence-corrected chi connectivity index (χ3v) is 7.28. The third kappa shape index (κ3) is 5.51. The Kier molecular flexibility index (Phi) is 6.90. The summed E-state index contributed by atoms with van der Waals surface area (Å²) >= 11 is 0. The summed E-state index contributed by atoms with van der Waals surface area (Å²) in [6, 6.07) is 14.5. The average molecular weight is 535 g/mol. The van der Waals surface area contributed by atoms with Crippen molar-refractivity contribution in [3.05, 3.63) is 77.5 Å². The van der Waals surface area contributed by atoms with Crippen molar-refractivity contribution in [1.29, 1.82) is 0 Å². The lowest BCUT2D eigenvalue weighted by molar-refractivity contribution is -0.137. The number of nitrogen functional groups attached to an aromatic ring is 1. The number of nitrogens with two attached hydrogens (primary N) is 1. The van der Waals surface area contributed by atoms with Crippen LogP contribution in [0.2, 0.25) is 0 Å². The molecule has 1 aliphatic rings. The predicted octanol–water partition coefficient (Wildman–Crippen LogP) is 5.60. The highest BCUT2D eigenvalue weighted by Crippen LogP contribution is 2.37. The zero-order valence-electron chi connectivity index (χ0n) is 21.9. The van der Waals surface area contributed by atoms with Crippen LogP contribution in [0.1, 0.15) is 27.9 Å². The van der Waals surface area contributed by atoms with Crippen LogP contribution in [-0.4, -0.2) is 54.0 Å². The standard InChI is InChI=1S/C29H29F3N6O/c1-17-4-5-19(13-23(17)18-6-8-24-20(12-18)15-34-28(33)36-24)27(39)35-25-14-21(29(30,31)32)7-9-26(25)38(3)22-10-11-37(2)16-22/h4-9,12-15,22H,10-11,16H2,1-3H3,(H,35,39)(H2,33,34,36)/t22-/m1/s1. The summed E-state index contributed by atoms with van der Waals surface area (Å²) in [5.74, 6) is -0.310. The Morgan fingerprint density at radius 2 is 1.92 bits per heavy atom. The van der Waals surface area contributed by atoms with E-state index in [0.29, 0.717) is 16.8 Å². The molecule has 0 spiro atoms. The highest BCUT2D eigenvalue weighted by atomic mass is 19.4. The van der Waals surface area contributed by atoms with Crippen LogP contribution in [-0.2, 0) is 6.18 Å². The van der Waals surface area contributed by atoms with E-state index in [1.54, 1.807) is 18.3 Å². The zero-order valence-corrected chi connectivity index (χ0v) is 21.9. The third-order valence-electron chi connectivity index (χ3n) is 7.28. The summed E-state index contributed by atoms with van der Waals surface area (Å²) in [6.07, 6.45) is -2.02. The SMILES string of the molecule is Cc1ccc(C(=O)Nc2cc(C(F)(F)F)ccc2N(C)[C@@H]2CCN(C)C2)cc1-c1ccc2nc(N)ncc2c1. The lowest BCUT2D eigenvalue weighted by Crippen LogP contribution is -2.34. The molecule has 0 aliphatic carbocycles. The molecule has 4 aromatic rings. The van der Waals surface area contributed by atoms with E-state index in [2.05, 4.69) is 20.2 Å². The number of aromatic nitrogens is 2. The van der Waals surface area contributed by atoms with E-state index >= 15 is 0 Å². The van der Waals surface area contributed by atoms with Crippen molar-refractivity contribution in [3.63, 3.8) is 0 Å². The molecule has 10 heteroatoms. The van der Waals surface area contributed by atoms with Crippen molar-refractivity contribution in [3.8, 4) is 11.1 Å². The number of amides is 1. The number of fused-ring (bicyclic) bond motifs is 1. The number of likely N-dealkylation sites (tertiary alicyclic amines) is 1. The number of alkyl halides is 3. The highest BCUT2D eigenvalue weighted by Gasteiger charge is 2.32. The molecule has 0 radical (unpaired) electrons. The number of rotatable bonds is 5. The molecule has 3 aromatic carbocycles. The summed E-state index contributed by atoms with van der Waals surface area (Å²) < 4.78 is 40.7. The molecule has 39 heavy (non-hydrogen) atoms. The van der Waals surface area contributed by atoms with Crippen LogP contribution in [0.15, 0.2) is 60.8 Å². The van der Waals surface area contributed by atoms with Crippen molar-refractivity contribution < 1.29 is 18.0 Å². The van der Waals surface area contributed by atoms with Crippen LogP contribution in [0, 0.1) is 6.92 Å². The molecule has 0 bridgehead atoms. The maximum absolute atomic E-state index is 13.6. The topological polar surface area (TPSA) is 87.4 Å². The Balaban J connectivity index is 1.48. The maximum atomic E-state index is 13.6. The van der Waals surface area contributed by atoms with E-state index < -0.39 is 17.6 Å². The molecule has 5 rings (SSSR count). The van der Waals surface area contributed by atoms with Gasteiger partial charge in [0, 0.05) is 36.8 Å². The molecular formula is C29H29F3N6O. The van der Waals surface area contributed by atoms with Gasteiger partial charge in [-0.25, -0.2) is 9.97 Å². The van der Waals surface area contributed by atoms with E-state index in [1.807, 2.05) is 50.2 Å². The Hall–Kier alpha value is -4.18. The normalized spacial score (nSPS) is 16.0. The first-order valence-corrected chi connectivity index (χ1v) is 12.6. The predicted molar refractivity (Wildman–Crippen MR) is 148 cm³/mol. The van der Waals surface area contributed by atoms with Gasteiger partial charge in [-0.2, -0.15) is 13.2 Å². The van der Waals surface area contributed by atoms with Crippen molar-refractivity contribution in [2.45, 2.75) is 25.6 Å². The van der Waals surface area contributed by atoms with Crippen molar-refractivity contribution in [1.82, 2.24) is 14.9 Å². The highest BCUT2D eigenvalue weighted by molar-refractivity contribution is 6.07. The molecular weight excluding hydrogens is 505 g/mol. The number of halogens is 3. The minimum absolute atomic E-state index is 0.120. The van der Waals surface area contributed by atoms with E-state index in [-0.39, 0.29) is 17.7 Å². The smallest absolute Gasteiger partial charge is 0.369 e. The minimum Gasteiger partial charge on any atom is -0.369 e. The second kappa shape index (κ2) is 10.2. The molecule has 1 saturated heterocycles. The monoisotopic (exact) mass is 534 g/mol. The fourth-order valence-electron chi connectivity index (χ4n) is 5.03. The van der Waals surface area contributed by atoms with Gasteiger partial charge in [0.15, 0.2) is 0 Å². The van der Waals surface area contributed by atoms with Crippen LogP contribution < -0.4 is 16.0 Å². The van der Waals surface area contributed by atoms with Gasteiger partial charge in [-0.15, -0.1) is 0 Å². The summed E-state index contributed by atoms with van der Waals surface area (Å²) in [7, 11) is 3.86. The molecule has 1 aliphatic heterocycles. The van der Waals surface area contributed by atoms with Gasteiger partial charge in [0.1, 0.15) is 0 Å². The van der Waals surface area contributed by atoms with E-state index in [0.717, 1.165) is 53.7 Å². The van der Waals surface area contributed by atoms with E-state index in [4.69, 9.17) is 5.73 Å². The number of anilines is 3.